The minimum atomic E-state index is -4.37. The van der Waals surface area contributed by atoms with Gasteiger partial charge in [-0.05, 0) is 19.3 Å². The Morgan fingerprint density at radius 3 is 2.28 bits per heavy atom. The molecule has 0 rings (SSSR count). The lowest BCUT2D eigenvalue weighted by molar-refractivity contribution is -0.890. The highest BCUT2D eigenvalue weighted by molar-refractivity contribution is 7.46. The summed E-state index contributed by atoms with van der Waals surface area (Å²) in [5.74, 6) is -0.779. The molecule has 0 amide bonds. The van der Waals surface area contributed by atoms with Gasteiger partial charge in [-0.3, -0.25) is 9.32 Å². The van der Waals surface area contributed by atoms with Gasteiger partial charge < -0.3 is 19.4 Å². The number of carboxylic acid groups (broad SMARTS) is 1. The van der Waals surface area contributed by atoms with Crippen LogP contribution in [-0.4, -0.2) is 59.1 Å². The van der Waals surface area contributed by atoms with Crippen LogP contribution in [0.15, 0.2) is 0 Å². The van der Waals surface area contributed by atoms with Gasteiger partial charge in [0.15, 0.2) is 0 Å². The summed E-state index contributed by atoms with van der Waals surface area (Å²) in [6, 6.07) is 0. The highest BCUT2D eigenvalue weighted by atomic mass is 31.2. The highest BCUT2D eigenvalue weighted by Gasteiger charge is 2.19. The first-order chi connectivity index (χ1) is 8.12. The van der Waals surface area contributed by atoms with Gasteiger partial charge in [0.2, 0.25) is 0 Å². The van der Waals surface area contributed by atoms with Crippen LogP contribution in [0.3, 0.4) is 0 Å². The molecule has 0 fully saturated rings. The molecule has 18 heavy (non-hydrogen) atoms. The average Bonchev–Trinajstić information content (AvgIpc) is 2.13. The van der Waals surface area contributed by atoms with Crippen molar-refractivity contribution < 1.29 is 33.3 Å². The monoisotopic (exact) mass is 284 g/mol. The lowest BCUT2D eigenvalue weighted by Crippen LogP contribution is -2.42. The molecule has 0 aliphatic heterocycles. The summed E-state index contributed by atoms with van der Waals surface area (Å²) in [6.07, 6.45) is 2.58. The second kappa shape index (κ2) is 7.86. The smallest absolute Gasteiger partial charge is 0.469 e. The van der Waals surface area contributed by atoms with E-state index in [1.165, 1.54) is 0 Å². The molecule has 0 spiro atoms. The molecule has 0 heterocycles. The van der Waals surface area contributed by atoms with Gasteiger partial charge >= 0.3 is 13.8 Å². The molecule has 0 atom stereocenters. The summed E-state index contributed by atoms with van der Waals surface area (Å²) in [5.41, 5.74) is 0. The number of likely N-dealkylation sites (N-methyl/N-ethyl adjacent to an activating group) is 1. The maximum Gasteiger partial charge on any atom is 0.469 e. The predicted octanol–water partition coefficient (Wildman–Crippen LogP) is 0.817. The van der Waals surface area contributed by atoms with Gasteiger partial charge in [-0.2, -0.15) is 0 Å². The summed E-state index contributed by atoms with van der Waals surface area (Å²) in [4.78, 5) is 27.4. The number of rotatable bonds is 10. The van der Waals surface area contributed by atoms with E-state index in [2.05, 4.69) is 4.52 Å². The number of quaternary nitrogens is 1. The normalized spacial score (nSPS) is 12.7. The maximum atomic E-state index is 10.5. The molecular formula is C10H23NO6P+. The van der Waals surface area contributed by atoms with Crippen molar-refractivity contribution in [3.8, 4) is 0 Å². The van der Waals surface area contributed by atoms with E-state index in [1.54, 1.807) is 0 Å². The van der Waals surface area contributed by atoms with E-state index in [9.17, 15) is 9.36 Å². The van der Waals surface area contributed by atoms with Crippen molar-refractivity contribution >= 4 is 13.8 Å². The van der Waals surface area contributed by atoms with E-state index in [-0.39, 0.29) is 13.0 Å². The van der Waals surface area contributed by atoms with Crippen LogP contribution in [0.5, 0.6) is 0 Å². The molecule has 7 nitrogen and oxygen atoms in total. The van der Waals surface area contributed by atoms with Crippen LogP contribution >= 0.6 is 7.82 Å². The third-order valence-corrected chi connectivity index (χ3v) is 3.13. The molecule has 8 heteroatoms. The first-order valence-electron chi connectivity index (χ1n) is 5.86. The van der Waals surface area contributed by atoms with Gasteiger partial charge in [-0.1, -0.05) is 0 Å². The standard InChI is InChI=1S/C10H22NO6P/c1-11(2,8-9-17-18(14,15)16)7-5-3-4-6-10(12)13/h3-9H2,1-2H3,(H2-,12,13,14,15,16)/p+1. The third-order valence-electron chi connectivity index (χ3n) is 2.61. The zero-order valence-electron chi connectivity index (χ0n) is 10.9. The fourth-order valence-corrected chi connectivity index (χ4v) is 1.83. The third kappa shape index (κ3) is 12.0. The summed E-state index contributed by atoms with van der Waals surface area (Å²) < 4.78 is 15.5. The number of nitrogens with zero attached hydrogens (tertiary/aromatic N) is 1. The van der Waals surface area contributed by atoms with Crippen molar-refractivity contribution in [3.63, 3.8) is 0 Å². The number of phosphoric ester groups is 1. The quantitative estimate of drug-likeness (QED) is 0.312. The highest BCUT2D eigenvalue weighted by Crippen LogP contribution is 2.35. The Morgan fingerprint density at radius 1 is 1.17 bits per heavy atom. The number of unbranched alkanes of at least 4 members (excludes halogenated alkanes) is 2. The Hall–Kier alpha value is -0.460. The summed E-state index contributed by atoms with van der Waals surface area (Å²) in [6.45, 7) is 1.33. The first kappa shape index (κ1) is 17.5. The van der Waals surface area contributed by atoms with Gasteiger partial charge in [0.25, 0.3) is 0 Å². The summed E-state index contributed by atoms with van der Waals surface area (Å²) in [5, 5.41) is 8.47. The lowest BCUT2D eigenvalue weighted by Gasteiger charge is -2.29. The number of hydrogen-bond acceptors (Lipinski definition) is 3. The molecule has 0 aliphatic rings. The summed E-state index contributed by atoms with van der Waals surface area (Å²) in [7, 11) is -0.485. The van der Waals surface area contributed by atoms with Crippen LogP contribution in [-0.2, 0) is 13.9 Å². The van der Waals surface area contributed by atoms with Gasteiger partial charge in [0.05, 0.1) is 20.6 Å². The van der Waals surface area contributed by atoms with Gasteiger partial charge in [0, 0.05) is 6.42 Å². The second-order valence-corrected chi connectivity index (χ2v) is 6.15. The Morgan fingerprint density at radius 2 is 1.78 bits per heavy atom. The molecule has 0 radical (unpaired) electrons. The first-order valence-corrected chi connectivity index (χ1v) is 7.39. The zero-order chi connectivity index (χ0) is 14.2. The van der Waals surface area contributed by atoms with E-state index in [4.69, 9.17) is 14.9 Å². The Balaban J connectivity index is 3.67. The van der Waals surface area contributed by atoms with Crippen molar-refractivity contribution in [3.05, 3.63) is 0 Å². The van der Waals surface area contributed by atoms with Crippen LogP contribution in [0, 0.1) is 0 Å². The lowest BCUT2D eigenvalue weighted by atomic mass is 10.2. The summed E-state index contributed by atoms with van der Waals surface area (Å²) >= 11 is 0. The molecule has 0 saturated carbocycles. The van der Waals surface area contributed by atoms with Crippen molar-refractivity contribution in [1.29, 1.82) is 0 Å². The second-order valence-electron chi connectivity index (χ2n) is 4.91. The van der Waals surface area contributed by atoms with Gasteiger partial charge in [0.1, 0.15) is 13.2 Å². The zero-order valence-corrected chi connectivity index (χ0v) is 11.8. The fourth-order valence-electron chi connectivity index (χ4n) is 1.51. The van der Waals surface area contributed by atoms with Crippen molar-refractivity contribution in [2.75, 3.05) is 33.8 Å². The number of hydrogen-bond donors (Lipinski definition) is 3. The topological polar surface area (TPSA) is 104 Å². The van der Waals surface area contributed by atoms with Crippen LogP contribution in [0.4, 0.5) is 0 Å². The Kier molecular flexibility index (Phi) is 7.66. The molecule has 0 aromatic carbocycles. The molecule has 0 aromatic heterocycles. The molecule has 0 saturated heterocycles. The number of carbonyl (C=O) groups is 1. The van der Waals surface area contributed by atoms with E-state index >= 15 is 0 Å². The minimum absolute atomic E-state index is 0.00635. The van der Waals surface area contributed by atoms with E-state index < -0.39 is 13.8 Å². The van der Waals surface area contributed by atoms with E-state index in [0.29, 0.717) is 17.4 Å². The van der Waals surface area contributed by atoms with Crippen LogP contribution in [0.1, 0.15) is 25.7 Å². The van der Waals surface area contributed by atoms with Crippen molar-refractivity contribution in [1.82, 2.24) is 0 Å². The Labute approximate surface area is 107 Å². The average molecular weight is 284 g/mol. The van der Waals surface area contributed by atoms with E-state index in [1.807, 2.05) is 14.1 Å². The van der Waals surface area contributed by atoms with Crippen molar-refractivity contribution in [2.24, 2.45) is 0 Å². The van der Waals surface area contributed by atoms with Gasteiger partial charge in [-0.15, -0.1) is 0 Å². The molecule has 0 unspecified atom stereocenters. The van der Waals surface area contributed by atoms with Crippen LogP contribution in [0.2, 0.25) is 0 Å². The SMILES string of the molecule is C[N+](C)(CCCCCC(=O)O)CCOP(=O)(O)O. The van der Waals surface area contributed by atoms with Crippen LogP contribution in [0.25, 0.3) is 0 Å². The number of carboxylic acids is 1. The number of phosphoric acid groups is 1. The largest absolute Gasteiger partial charge is 0.481 e. The molecule has 0 aromatic rings. The molecule has 3 N–H and O–H groups in total. The maximum absolute atomic E-state index is 10.5. The molecule has 0 aliphatic carbocycles. The molecular weight excluding hydrogens is 261 g/mol. The van der Waals surface area contributed by atoms with Gasteiger partial charge in [-0.25, -0.2) is 4.57 Å². The molecule has 108 valence electrons. The van der Waals surface area contributed by atoms with Crippen LogP contribution < -0.4 is 0 Å². The van der Waals surface area contributed by atoms with E-state index in [0.717, 1.165) is 19.4 Å². The Bertz CT molecular complexity index is 301. The minimum Gasteiger partial charge on any atom is -0.481 e. The molecule has 0 bridgehead atoms. The predicted molar refractivity (Wildman–Crippen MR) is 65.9 cm³/mol. The van der Waals surface area contributed by atoms with Crippen molar-refractivity contribution in [2.45, 2.75) is 25.7 Å². The fraction of sp³-hybridized carbons (Fsp3) is 0.900. The number of aliphatic carboxylic acids is 1.